The Morgan fingerprint density at radius 3 is 2.04 bits per heavy atom. The summed E-state index contributed by atoms with van der Waals surface area (Å²) in [4.78, 5) is 30.0. The van der Waals surface area contributed by atoms with Crippen LogP contribution in [0.1, 0.15) is 64.2 Å². The van der Waals surface area contributed by atoms with Crippen LogP contribution in [0, 0.1) is 23.2 Å². The number of piperazine rings is 1. The Balaban J connectivity index is 1.14. The molecule has 4 saturated carbocycles. The molecule has 150 valence electrons. The lowest BCUT2D eigenvalue weighted by molar-refractivity contribution is -0.160. The van der Waals surface area contributed by atoms with Gasteiger partial charge in [-0.3, -0.25) is 9.59 Å². The Bertz CT molecular complexity index is 555. The summed E-state index contributed by atoms with van der Waals surface area (Å²) in [5.74, 6) is 3.09. The van der Waals surface area contributed by atoms with Crippen LogP contribution in [0.3, 0.4) is 0 Å². The minimum Gasteiger partial charge on any atom is -0.378 e. The van der Waals surface area contributed by atoms with E-state index in [1.807, 2.05) is 4.90 Å². The zero-order valence-corrected chi connectivity index (χ0v) is 16.5. The highest BCUT2D eigenvalue weighted by Gasteiger charge is 2.55. The number of nitrogens with zero attached hydrogens (tertiary/aromatic N) is 2. The molecule has 2 heterocycles. The fourth-order valence-electron chi connectivity index (χ4n) is 7.18. The second-order valence-electron chi connectivity index (χ2n) is 10.0. The lowest BCUT2D eigenvalue weighted by atomic mass is 9.49. The number of ether oxygens (including phenoxy) is 1. The Labute approximate surface area is 162 Å². The summed E-state index contributed by atoms with van der Waals surface area (Å²) >= 11 is 0. The highest BCUT2D eigenvalue weighted by molar-refractivity contribution is 5.84. The van der Waals surface area contributed by atoms with Crippen LogP contribution in [0.4, 0.5) is 0 Å². The number of carbonyl (C=O) groups excluding carboxylic acids is 2. The van der Waals surface area contributed by atoms with Gasteiger partial charge >= 0.3 is 0 Å². The van der Waals surface area contributed by atoms with Crippen LogP contribution in [0.5, 0.6) is 0 Å². The Kier molecular flexibility index (Phi) is 4.69. The van der Waals surface area contributed by atoms with Gasteiger partial charge in [-0.1, -0.05) is 0 Å². The molecule has 1 atom stereocenters. The molecule has 6 rings (SSSR count). The van der Waals surface area contributed by atoms with Gasteiger partial charge in [-0.2, -0.15) is 0 Å². The van der Waals surface area contributed by atoms with Gasteiger partial charge in [0.2, 0.25) is 11.8 Å². The largest absolute Gasteiger partial charge is 0.378 e. The number of rotatable bonds is 4. The fourth-order valence-corrected chi connectivity index (χ4v) is 7.18. The van der Waals surface area contributed by atoms with E-state index in [4.69, 9.17) is 4.74 Å². The van der Waals surface area contributed by atoms with Crippen LogP contribution >= 0.6 is 0 Å². The van der Waals surface area contributed by atoms with E-state index in [1.54, 1.807) is 0 Å². The summed E-state index contributed by atoms with van der Waals surface area (Å²) < 4.78 is 5.63. The van der Waals surface area contributed by atoms with E-state index >= 15 is 0 Å². The molecule has 5 nitrogen and oxygen atoms in total. The summed E-state index contributed by atoms with van der Waals surface area (Å²) in [5, 5.41) is 0. The maximum atomic E-state index is 13.4. The van der Waals surface area contributed by atoms with Crippen molar-refractivity contribution in [3.63, 3.8) is 0 Å². The van der Waals surface area contributed by atoms with Gasteiger partial charge in [0.05, 0.1) is 11.5 Å². The van der Waals surface area contributed by atoms with Crippen molar-refractivity contribution in [3.8, 4) is 0 Å². The van der Waals surface area contributed by atoms with E-state index in [9.17, 15) is 9.59 Å². The van der Waals surface area contributed by atoms with E-state index in [0.717, 1.165) is 76.0 Å². The van der Waals surface area contributed by atoms with Crippen LogP contribution in [-0.4, -0.2) is 60.5 Å². The van der Waals surface area contributed by atoms with E-state index in [0.29, 0.717) is 25.4 Å². The average Bonchev–Trinajstić information content (AvgIpc) is 3.18. The second-order valence-corrected chi connectivity index (χ2v) is 10.0. The highest BCUT2D eigenvalue weighted by Crippen LogP contribution is 2.60. The Morgan fingerprint density at radius 1 is 0.889 bits per heavy atom. The lowest BCUT2D eigenvalue weighted by Gasteiger charge is -2.57. The van der Waals surface area contributed by atoms with Gasteiger partial charge < -0.3 is 14.5 Å². The third kappa shape index (κ3) is 3.41. The number of hydrogen-bond acceptors (Lipinski definition) is 3. The predicted molar refractivity (Wildman–Crippen MR) is 102 cm³/mol. The zero-order chi connectivity index (χ0) is 18.4. The molecule has 2 amide bonds. The van der Waals surface area contributed by atoms with Crippen molar-refractivity contribution >= 4 is 11.8 Å². The molecule has 0 N–H and O–H groups in total. The molecule has 0 radical (unpaired) electrons. The Morgan fingerprint density at radius 2 is 1.48 bits per heavy atom. The van der Waals surface area contributed by atoms with Gasteiger partial charge in [-0.25, -0.2) is 0 Å². The van der Waals surface area contributed by atoms with Crippen LogP contribution in [0.25, 0.3) is 0 Å². The molecule has 2 aliphatic heterocycles. The Hall–Kier alpha value is -1.10. The minimum absolute atomic E-state index is 0.0409. The number of amides is 2. The van der Waals surface area contributed by atoms with Crippen LogP contribution in [-0.2, 0) is 14.3 Å². The monoisotopic (exact) mass is 374 g/mol. The van der Waals surface area contributed by atoms with Crippen molar-refractivity contribution in [3.05, 3.63) is 0 Å². The fraction of sp³-hybridized carbons (Fsp3) is 0.909. The molecule has 2 saturated heterocycles. The molecule has 0 aromatic rings. The van der Waals surface area contributed by atoms with Crippen molar-refractivity contribution in [2.75, 3.05) is 32.8 Å². The van der Waals surface area contributed by atoms with E-state index < -0.39 is 0 Å². The van der Waals surface area contributed by atoms with Gasteiger partial charge in [0.15, 0.2) is 0 Å². The lowest BCUT2D eigenvalue weighted by Crippen LogP contribution is -2.58. The van der Waals surface area contributed by atoms with Crippen LogP contribution < -0.4 is 0 Å². The number of hydrogen-bond donors (Lipinski definition) is 0. The second kappa shape index (κ2) is 7.06. The van der Waals surface area contributed by atoms with Crippen molar-refractivity contribution in [1.82, 2.24) is 9.80 Å². The first-order valence-corrected chi connectivity index (χ1v) is 11.3. The average molecular weight is 375 g/mol. The summed E-state index contributed by atoms with van der Waals surface area (Å²) in [7, 11) is 0. The normalized spacial score (nSPS) is 40.6. The molecular formula is C22H34N2O3. The molecule has 0 spiro atoms. The van der Waals surface area contributed by atoms with Crippen molar-refractivity contribution in [2.24, 2.45) is 23.2 Å². The van der Waals surface area contributed by atoms with Crippen LogP contribution in [0.2, 0.25) is 0 Å². The molecule has 4 aliphatic carbocycles. The van der Waals surface area contributed by atoms with Crippen molar-refractivity contribution in [1.29, 1.82) is 0 Å². The first-order chi connectivity index (χ1) is 13.1. The van der Waals surface area contributed by atoms with Gasteiger partial charge in [0.1, 0.15) is 0 Å². The van der Waals surface area contributed by atoms with E-state index in [-0.39, 0.29) is 17.4 Å². The van der Waals surface area contributed by atoms with Gasteiger partial charge in [0.25, 0.3) is 0 Å². The van der Waals surface area contributed by atoms with Crippen molar-refractivity contribution < 1.29 is 14.3 Å². The SMILES string of the molecule is O=C(CCC1CCCO1)N1CCN(C(=O)C23CC4CC(CC(C4)C2)C3)CC1. The molecule has 27 heavy (non-hydrogen) atoms. The third-order valence-corrected chi connectivity index (χ3v) is 8.12. The van der Waals surface area contributed by atoms with Gasteiger partial charge in [-0.05, 0) is 75.5 Å². The summed E-state index contributed by atoms with van der Waals surface area (Å²) in [6, 6.07) is 0. The standard InChI is InChI=1S/C22H34N2O3/c25-20(4-3-19-2-1-9-27-19)23-5-7-24(8-6-23)21(26)22-13-16-10-17(14-22)12-18(11-16)15-22/h16-19H,1-15H2. The molecule has 1 unspecified atom stereocenters. The molecule has 6 aliphatic rings. The molecule has 0 aromatic carbocycles. The maximum absolute atomic E-state index is 13.4. The zero-order valence-electron chi connectivity index (χ0n) is 16.5. The topological polar surface area (TPSA) is 49.9 Å². The predicted octanol–water partition coefficient (Wildman–Crippen LogP) is 2.83. The first kappa shape index (κ1) is 18.0. The molecular weight excluding hydrogens is 340 g/mol. The smallest absolute Gasteiger partial charge is 0.228 e. The molecule has 0 aromatic heterocycles. The minimum atomic E-state index is -0.0409. The molecule has 6 fully saturated rings. The molecule has 4 bridgehead atoms. The highest BCUT2D eigenvalue weighted by atomic mass is 16.5. The number of carbonyl (C=O) groups is 2. The summed E-state index contributed by atoms with van der Waals surface area (Å²) in [6.07, 6.45) is 11.5. The maximum Gasteiger partial charge on any atom is 0.228 e. The molecule has 5 heteroatoms. The summed E-state index contributed by atoms with van der Waals surface area (Å²) in [5.41, 5.74) is -0.0409. The quantitative estimate of drug-likeness (QED) is 0.760. The van der Waals surface area contributed by atoms with E-state index in [2.05, 4.69) is 4.90 Å². The van der Waals surface area contributed by atoms with Crippen molar-refractivity contribution in [2.45, 2.75) is 70.3 Å². The summed E-state index contributed by atoms with van der Waals surface area (Å²) in [6.45, 7) is 3.73. The van der Waals surface area contributed by atoms with E-state index in [1.165, 1.54) is 19.3 Å². The first-order valence-electron chi connectivity index (χ1n) is 11.3. The van der Waals surface area contributed by atoms with Gasteiger partial charge in [0, 0.05) is 39.2 Å². The van der Waals surface area contributed by atoms with Crippen LogP contribution in [0.15, 0.2) is 0 Å². The third-order valence-electron chi connectivity index (χ3n) is 8.12. The van der Waals surface area contributed by atoms with Gasteiger partial charge in [-0.15, -0.1) is 0 Å².